The molecule has 2 nitrogen and oxygen atoms in total. The van der Waals surface area contributed by atoms with E-state index in [4.69, 9.17) is 11.5 Å². The maximum Gasteiger partial charge on any atom is 0.0393 e. The summed E-state index contributed by atoms with van der Waals surface area (Å²) < 4.78 is 0. The molecule has 0 spiro atoms. The molecule has 4 aromatic carbocycles. The Hall–Kier alpha value is -3.88. The summed E-state index contributed by atoms with van der Waals surface area (Å²) in [5.41, 5.74) is 22.1. The third-order valence-electron chi connectivity index (χ3n) is 5.55. The summed E-state index contributed by atoms with van der Waals surface area (Å²) in [6, 6.07) is 35.5. The first-order valence-corrected chi connectivity index (χ1v) is 10.9. The van der Waals surface area contributed by atoms with Gasteiger partial charge in [-0.1, -0.05) is 109 Å². The Kier molecular flexibility index (Phi) is 6.64. The van der Waals surface area contributed by atoms with Gasteiger partial charge in [0.2, 0.25) is 0 Å². The zero-order valence-corrected chi connectivity index (χ0v) is 18.3. The Morgan fingerprint density at radius 1 is 0.719 bits per heavy atom. The Morgan fingerprint density at radius 3 is 2.00 bits per heavy atom. The standard InChI is InChI=1S/C30H28N2/c1-22-16-17-26(29(20-22)27-14-8-9-15-30(27)32)28(24-12-6-3-7-13-24)21-25(18-19-31)23-10-4-2-5-11-23/h2-18,20-21H,19,31-32H2,1H3/b25-18+,28-21?. The number of rotatable bonds is 6. The van der Waals surface area contributed by atoms with Gasteiger partial charge in [-0.25, -0.2) is 0 Å². The van der Waals surface area contributed by atoms with E-state index in [0.717, 1.165) is 44.7 Å². The molecule has 32 heavy (non-hydrogen) atoms. The van der Waals surface area contributed by atoms with E-state index < -0.39 is 0 Å². The van der Waals surface area contributed by atoms with Gasteiger partial charge in [0.1, 0.15) is 0 Å². The van der Waals surface area contributed by atoms with E-state index in [1.807, 2.05) is 30.3 Å². The maximum absolute atomic E-state index is 6.40. The van der Waals surface area contributed by atoms with E-state index in [1.165, 1.54) is 5.56 Å². The minimum atomic E-state index is 0.467. The van der Waals surface area contributed by atoms with E-state index in [-0.39, 0.29) is 0 Å². The number of benzene rings is 4. The molecule has 0 bridgehead atoms. The number of nitrogens with two attached hydrogens (primary N) is 2. The van der Waals surface area contributed by atoms with Crippen LogP contribution in [0.25, 0.3) is 22.3 Å². The van der Waals surface area contributed by atoms with Crippen molar-refractivity contribution in [3.8, 4) is 11.1 Å². The second kappa shape index (κ2) is 9.95. The van der Waals surface area contributed by atoms with Crippen LogP contribution in [0, 0.1) is 6.92 Å². The van der Waals surface area contributed by atoms with Crippen LogP contribution >= 0.6 is 0 Å². The second-order valence-corrected chi connectivity index (χ2v) is 7.82. The maximum atomic E-state index is 6.40. The van der Waals surface area contributed by atoms with Crippen molar-refractivity contribution in [3.63, 3.8) is 0 Å². The van der Waals surface area contributed by atoms with E-state index in [2.05, 4.69) is 91.9 Å². The first kappa shape index (κ1) is 21.4. The van der Waals surface area contributed by atoms with Crippen LogP contribution in [0.3, 0.4) is 0 Å². The SMILES string of the molecule is Cc1ccc(C(=C/C(=C\CN)c2ccccc2)c2ccccc2)c(-c2ccccc2N)c1. The minimum absolute atomic E-state index is 0.467. The lowest BCUT2D eigenvalue weighted by atomic mass is 9.87. The monoisotopic (exact) mass is 416 g/mol. The summed E-state index contributed by atoms with van der Waals surface area (Å²) >= 11 is 0. The first-order chi connectivity index (χ1) is 15.7. The van der Waals surface area contributed by atoms with Crippen LogP contribution in [-0.4, -0.2) is 6.54 Å². The Morgan fingerprint density at radius 2 is 1.34 bits per heavy atom. The summed E-state index contributed by atoms with van der Waals surface area (Å²) in [4.78, 5) is 0. The van der Waals surface area contributed by atoms with Crippen molar-refractivity contribution < 1.29 is 0 Å². The van der Waals surface area contributed by atoms with Crippen molar-refractivity contribution in [3.05, 3.63) is 138 Å². The second-order valence-electron chi connectivity index (χ2n) is 7.82. The van der Waals surface area contributed by atoms with E-state index >= 15 is 0 Å². The highest BCUT2D eigenvalue weighted by Gasteiger charge is 2.15. The summed E-state index contributed by atoms with van der Waals surface area (Å²) in [6.07, 6.45) is 4.31. The van der Waals surface area contributed by atoms with Gasteiger partial charge in [0.15, 0.2) is 0 Å². The van der Waals surface area contributed by atoms with Gasteiger partial charge in [-0.05, 0) is 52.5 Å². The van der Waals surface area contributed by atoms with Crippen LogP contribution in [0.1, 0.15) is 22.3 Å². The normalized spacial score (nSPS) is 12.1. The van der Waals surface area contributed by atoms with E-state index in [9.17, 15) is 0 Å². The Labute approximate surface area is 190 Å². The fourth-order valence-corrected chi connectivity index (χ4v) is 3.97. The van der Waals surface area contributed by atoms with Crippen molar-refractivity contribution in [2.75, 3.05) is 12.3 Å². The van der Waals surface area contributed by atoms with Gasteiger partial charge in [-0.3, -0.25) is 0 Å². The number of aryl methyl sites for hydroxylation is 1. The zero-order valence-electron chi connectivity index (χ0n) is 18.3. The van der Waals surface area contributed by atoms with E-state index in [1.54, 1.807) is 0 Å². The predicted octanol–water partition coefficient (Wildman–Crippen LogP) is 6.72. The average Bonchev–Trinajstić information content (AvgIpc) is 2.83. The molecule has 4 rings (SSSR count). The lowest BCUT2D eigenvalue weighted by Crippen LogP contribution is -1.98. The Bertz CT molecular complexity index is 1250. The number of hydrogen-bond acceptors (Lipinski definition) is 2. The minimum Gasteiger partial charge on any atom is -0.398 e. The molecule has 0 amide bonds. The molecule has 0 unspecified atom stereocenters. The zero-order chi connectivity index (χ0) is 22.3. The summed E-state index contributed by atoms with van der Waals surface area (Å²) in [5.74, 6) is 0. The molecule has 0 aliphatic carbocycles. The highest BCUT2D eigenvalue weighted by Crippen LogP contribution is 2.37. The largest absolute Gasteiger partial charge is 0.398 e. The van der Waals surface area contributed by atoms with Gasteiger partial charge >= 0.3 is 0 Å². The topological polar surface area (TPSA) is 52.0 Å². The molecule has 0 saturated heterocycles. The molecule has 0 radical (unpaired) electrons. The molecule has 0 atom stereocenters. The molecule has 0 aromatic heterocycles. The van der Waals surface area contributed by atoms with Gasteiger partial charge in [0.05, 0.1) is 0 Å². The van der Waals surface area contributed by atoms with Gasteiger partial charge in [-0.15, -0.1) is 0 Å². The van der Waals surface area contributed by atoms with Gasteiger partial charge in [-0.2, -0.15) is 0 Å². The highest BCUT2D eigenvalue weighted by molar-refractivity contribution is 5.96. The summed E-state index contributed by atoms with van der Waals surface area (Å²) in [6.45, 7) is 2.58. The average molecular weight is 417 g/mol. The molecular formula is C30H28N2. The number of para-hydroxylation sites is 1. The van der Waals surface area contributed by atoms with Crippen LogP contribution in [-0.2, 0) is 0 Å². The molecule has 0 aliphatic heterocycles. The third-order valence-corrected chi connectivity index (χ3v) is 5.55. The van der Waals surface area contributed by atoms with Gasteiger partial charge < -0.3 is 11.5 Å². The summed E-state index contributed by atoms with van der Waals surface area (Å²) in [5, 5.41) is 0. The van der Waals surface area contributed by atoms with Crippen molar-refractivity contribution in [1.29, 1.82) is 0 Å². The van der Waals surface area contributed by atoms with Crippen molar-refractivity contribution >= 4 is 16.8 Å². The van der Waals surface area contributed by atoms with Gasteiger partial charge in [0, 0.05) is 17.8 Å². The molecule has 0 aliphatic rings. The predicted molar refractivity (Wildman–Crippen MR) is 138 cm³/mol. The fourth-order valence-electron chi connectivity index (χ4n) is 3.97. The molecule has 4 N–H and O–H groups in total. The Balaban J connectivity index is 1.99. The number of nitrogen functional groups attached to an aromatic ring is 1. The molecule has 0 heterocycles. The molecule has 4 aromatic rings. The molecule has 2 heteroatoms. The van der Waals surface area contributed by atoms with Crippen LogP contribution in [0.2, 0.25) is 0 Å². The van der Waals surface area contributed by atoms with Crippen molar-refractivity contribution in [2.24, 2.45) is 5.73 Å². The number of allylic oxidation sites excluding steroid dienone is 2. The van der Waals surface area contributed by atoms with Crippen LogP contribution in [0.15, 0.2) is 115 Å². The number of anilines is 1. The van der Waals surface area contributed by atoms with Crippen LogP contribution in [0.5, 0.6) is 0 Å². The molecular weight excluding hydrogens is 388 g/mol. The van der Waals surface area contributed by atoms with Gasteiger partial charge in [0.25, 0.3) is 0 Å². The van der Waals surface area contributed by atoms with Crippen molar-refractivity contribution in [2.45, 2.75) is 6.92 Å². The molecule has 0 saturated carbocycles. The lowest BCUT2D eigenvalue weighted by Gasteiger charge is -2.17. The quantitative estimate of drug-likeness (QED) is 0.271. The molecule has 158 valence electrons. The number of hydrogen-bond donors (Lipinski definition) is 2. The van der Waals surface area contributed by atoms with Crippen LogP contribution < -0.4 is 11.5 Å². The first-order valence-electron chi connectivity index (χ1n) is 10.9. The van der Waals surface area contributed by atoms with Crippen LogP contribution in [0.4, 0.5) is 5.69 Å². The van der Waals surface area contributed by atoms with Crippen molar-refractivity contribution in [1.82, 2.24) is 0 Å². The third kappa shape index (κ3) is 4.72. The lowest BCUT2D eigenvalue weighted by molar-refractivity contribution is 1.26. The van der Waals surface area contributed by atoms with E-state index in [0.29, 0.717) is 6.54 Å². The highest BCUT2D eigenvalue weighted by atomic mass is 14.6. The molecule has 0 fully saturated rings. The smallest absolute Gasteiger partial charge is 0.0393 e. The summed E-state index contributed by atoms with van der Waals surface area (Å²) in [7, 11) is 0. The fraction of sp³-hybridized carbons (Fsp3) is 0.0667.